The van der Waals surface area contributed by atoms with Gasteiger partial charge in [0.2, 0.25) is 0 Å². The van der Waals surface area contributed by atoms with Gasteiger partial charge in [0.15, 0.2) is 0 Å². The van der Waals surface area contributed by atoms with Gasteiger partial charge in [0.05, 0.1) is 36.7 Å². The van der Waals surface area contributed by atoms with Crippen molar-refractivity contribution in [1.82, 2.24) is 0 Å². The number of Topliss-reactive ketones (excluding diaryl/α,β-unsaturated/α-hetero) is 1. The van der Waals surface area contributed by atoms with E-state index in [9.17, 15) is 4.79 Å². The molecule has 1 aliphatic carbocycles. The van der Waals surface area contributed by atoms with E-state index in [0.29, 0.717) is 6.42 Å². The van der Waals surface area contributed by atoms with Crippen LogP contribution in [0, 0.1) is 5.92 Å². The normalized spacial score (nSPS) is 23.0. The maximum absolute atomic E-state index is 13.4. The highest BCUT2D eigenvalue weighted by Gasteiger charge is 2.40. The molecule has 0 spiro atoms. The summed E-state index contributed by atoms with van der Waals surface area (Å²) in [4.78, 5) is 13.4. The van der Waals surface area contributed by atoms with E-state index in [1.54, 1.807) is 13.4 Å². The van der Waals surface area contributed by atoms with Crippen LogP contribution < -0.4 is 15.4 Å². The molecule has 2 aliphatic rings. The number of furan rings is 1. The topological polar surface area (TPSA) is 63.5 Å². The number of carbonyl (C=O) groups is 1. The van der Waals surface area contributed by atoms with Crippen LogP contribution in [0.4, 0.5) is 11.4 Å². The second-order valence-corrected chi connectivity index (χ2v) is 7.46. The minimum Gasteiger partial charge on any atom is -0.497 e. The Labute approximate surface area is 169 Å². The molecule has 5 nitrogen and oxygen atoms in total. The fraction of sp³-hybridized carbons (Fsp3) is 0.208. The number of anilines is 2. The fourth-order valence-electron chi connectivity index (χ4n) is 4.28. The molecule has 2 N–H and O–H groups in total. The predicted molar refractivity (Wildman–Crippen MR) is 112 cm³/mol. The average Bonchev–Trinajstić information content (AvgIpc) is 3.23. The van der Waals surface area contributed by atoms with E-state index in [4.69, 9.17) is 9.15 Å². The fourth-order valence-corrected chi connectivity index (χ4v) is 4.28. The number of benzene rings is 2. The molecule has 2 heterocycles. The number of ether oxygens (including phenoxy) is 1. The van der Waals surface area contributed by atoms with Crippen LogP contribution in [0.25, 0.3) is 0 Å². The molecule has 0 radical (unpaired) electrons. The zero-order chi connectivity index (χ0) is 19.8. The summed E-state index contributed by atoms with van der Waals surface area (Å²) >= 11 is 0. The summed E-state index contributed by atoms with van der Waals surface area (Å²) in [5, 5.41) is 7.12. The van der Waals surface area contributed by atoms with Crippen molar-refractivity contribution < 1.29 is 13.9 Å². The summed E-state index contributed by atoms with van der Waals surface area (Å²) in [6.45, 7) is 0. The van der Waals surface area contributed by atoms with Crippen LogP contribution in [0.3, 0.4) is 0 Å². The van der Waals surface area contributed by atoms with Gasteiger partial charge in [-0.25, -0.2) is 0 Å². The molecule has 0 bridgehead atoms. The molecule has 0 saturated heterocycles. The number of allylic oxidation sites excluding steroid dienone is 1. The highest BCUT2D eigenvalue weighted by molar-refractivity contribution is 5.90. The van der Waals surface area contributed by atoms with Gasteiger partial charge in [-0.05, 0) is 42.0 Å². The lowest BCUT2D eigenvalue weighted by Crippen LogP contribution is -2.33. The van der Waals surface area contributed by atoms with E-state index >= 15 is 0 Å². The highest BCUT2D eigenvalue weighted by Crippen LogP contribution is 2.44. The SMILES string of the molecule is COc1ccc(C2Nc3ccccc3NC3=CC(c4ccco4)CC(=O)C32)cc1. The molecule has 2 aromatic carbocycles. The Bertz CT molecular complexity index is 1050. The minimum atomic E-state index is -0.304. The first-order valence-corrected chi connectivity index (χ1v) is 9.77. The van der Waals surface area contributed by atoms with Crippen LogP contribution >= 0.6 is 0 Å². The second kappa shape index (κ2) is 7.17. The van der Waals surface area contributed by atoms with Gasteiger partial charge in [-0.2, -0.15) is 0 Å². The molecular formula is C24H22N2O3. The lowest BCUT2D eigenvalue weighted by atomic mass is 9.78. The van der Waals surface area contributed by atoms with E-state index in [1.807, 2.05) is 60.7 Å². The Morgan fingerprint density at radius 2 is 1.79 bits per heavy atom. The van der Waals surface area contributed by atoms with Crippen LogP contribution in [0.5, 0.6) is 5.75 Å². The monoisotopic (exact) mass is 386 g/mol. The molecule has 5 rings (SSSR count). The highest BCUT2D eigenvalue weighted by atomic mass is 16.5. The molecule has 3 unspecified atom stereocenters. The summed E-state index contributed by atoms with van der Waals surface area (Å²) < 4.78 is 10.9. The van der Waals surface area contributed by atoms with Crippen molar-refractivity contribution in [2.24, 2.45) is 5.92 Å². The summed E-state index contributed by atoms with van der Waals surface area (Å²) in [6, 6.07) is 19.6. The van der Waals surface area contributed by atoms with Crippen LogP contribution in [0.1, 0.15) is 29.7 Å². The number of rotatable bonds is 3. The Hall–Kier alpha value is -3.47. The van der Waals surface area contributed by atoms with E-state index in [0.717, 1.165) is 34.1 Å². The number of hydrogen-bond donors (Lipinski definition) is 2. The number of para-hydroxylation sites is 2. The first kappa shape index (κ1) is 17.6. The molecule has 0 fully saturated rings. The summed E-state index contributed by atoms with van der Waals surface area (Å²) in [5.41, 5.74) is 3.91. The van der Waals surface area contributed by atoms with Crippen molar-refractivity contribution in [3.05, 3.63) is 90.0 Å². The Kier molecular flexibility index (Phi) is 4.35. The zero-order valence-electron chi connectivity index (χ0n) is 16.1. The van der Waals surface area contributed by atoms with E-state index in [2.05, 4.69) is 16.7 Å². The third kappa shape index (κ3) is 3.18. The lowest BCUT2D eigenvalue weighted by Gasteiger charge is -2.32. The van der Waals surface area contributed by atoms with E-state index in [1.165, 1.54) is 0 Å². The van der Waals surface area contributed by atoms with Gasteiger partial charge < -0.3 is 19.8 Å². The van der Waals surface area contributed by atoms with Gasteiger partial charge in [0, 0.05) is 18.0 Å². The molecule has 5 heteroatoms. The third-order valence-corrected chi connectivity index (χ3v) is 5.72. The molecule has 29 heavy (non-hydrogen) atoms. The summed E-state index contributed by atoms with van der Waals surface area (Å²) in [6.07, 6.45) is 4.22. The van der Waals surface area contributed by atoms with Crippen LogP contribution in [-0.4, -0.2) is 12.9 Å². The molecule has 1 aromatic heterocycles. The number of methoxy groups -OCH3 is 1. The maximum Gasteiger partial charge on any atom is 0.145 e. The van der Waals surface area contributed by atoms with Crippen molar-refractivity contribution in [3.63, 3.8) is 0 Å². The minimum absolute atomic E-state index is 0.0574. The summed E-state index contributed by atoms with van der Waals surface area (Å²) in [5.74, 6) is 1.44. The van der Waals surface area contributed by atoms with Crippen molar-refractivity contribution in [3.8, 4) is 5.75 Å². The molecular weight excluding hydrogens is 364 g/mol. The number of ketones is 1. The molecule has 146 valence electrons. The Morgan fingerprint density at radius 3 is 2.52 bits per heavy atom. The number of hydrogen-bond acceptors (Lipinski definition) is 5. The predicted octanol–water partition coefficient (Wildman–Crippen LogP) is 5.12. The van der Waals surface area contributed by atoms with Crippen molar-refractivity contribution >= 4 is 17.2 Å². The molecule has 1 aliphatic heterocycles. The quantitative estimate of drug-likeness (QED) is 0.654. The molecule has 0 saturated carbocycles. The Balaban J connectivity index is 1.61. The third-order valence-electron chi connectivity index (χ3n) is 5.72. The maximum atomic E-state index is 13.4. The first-order valence-electron chi connectivity index (χ1n) is 9.77. The van der Waals surface area contributed by atoms with Gasteiger partial charge in [-0.1, -0.05) is 30.3 Å². The van der Waals surface area contributed by atoms with Gasteiger partial charge in [0.1, 0.15) is 17.3 Å². The van der Waals surface area contributed by atoms with Crippen LogP contribution in [0.2, 0.25) is 0 Å². The van der Waals surface area contributed by atoms with Gasteiger partial charge in [-0.15, -0.1) is 0 Å². The van der Waals surface area contributed by atoms with Crippen molar-refractivity contribution in [2.45, 2.75) is 18.4 Å². The molecule has 0 amide bonds. The zero-order valence-corrected chi connectivity index (χ0v) is 16.1. The van der Waals surface area contributed by atoms with Gasteiger partial charge >= 0.3 is 0 Å². The van der Waals surface area contributed by atoms with Gasteiger partial charge in [0.25, 0.3) is 0 Å². The first-order chi connectivity index (χ1) is 14.2. The van der Waals surface area contributed by atoms with E-state index in [-0.39, 0.29) is 23.7 Å². The van der Waals surface area contributed by atoms with Gasteiger partial charge in [-0.3, -0.25) is 4.79 Å². The average molecular weight is 386 g/mol. The van der Waals surface area contributed by atoms with Crippen molar-refractivity contribution in [1.29, 1.82) is 0 Å². The second-order valence-electron chi connectivity index (χ2n) is 7.46. The molecule has 3 aromatic rings. The van der Waals surface area contributed by atoms with Crippen LogP contribution in [-0.2, 0) is 4.79 Å². The van der Waals surface area contributed by atoms with Crippen LogP contribution in [0.15, 0.2) is 83.1 Å². The smallest absolute Gasteiger partial charge is 0.145 e. The number of fused-ring (bicyclic) bond motifs is 2. The number of carbonyl (C=O) groups excluding carboxylic acids is 1. The standard InChI is InChI=1S/C24H22N2O3/c1-28-17-10-8-15(9-11-17)24-23-20(25-18-5-2-3-6-19(18)26-24)13-16(14-21(23)27)22-7-4-12-29-22/h2-13,16,23-26H,14H2,1H3. The number of nitrogens with one attached hydrogen (secondary N) is 2. The Morgan fingerprint density at radius 1 is 1.00 bits per heavy atom. The largest absolute Gasteiger partial charge is 0.497 e. The molecule has 3 atom stereocenters. The van der Waals surface area contributed by atoms with Crippen molar-refractivity contribution in [2.75, 3.05) is 17.7 Å². The lowest BCUT2D eigenvalue weighted by molar-refractivity contribution is -0.122. The summed E-state index contributed by atoms with van der Waals surface area (Å²) in [7, 11) is 1.65. The van der Waals surface area contributed by atoms with E-state index < -0.39 is 0 Å².